The Labute approximate surface area is 405 Å². The monoisotopic (exact) mass is 932 g/mol. The predicted octanol–water partition coefficient (Wildman–Crippen LogP) is 13.3. The summed E-state index contributed by atoms with van der Waals surface area (Å²) in [5.74, 6) is -0.191. The van der Waals surface area contributed by atoms with E-state index in [1.54, 1.807) is 6.08 Å². The molecular weight excluding hydrogens is 827 g/mol. The number of carbonyl (C=O) groups is 1. The highest BCUT2D eigenvalue weighted by molar-refractivity contribution is 5.76. The van der Waals surface area contributed by atoms with Gasteiger partial charge in [-0.2, -0.15) is 0 Å². The lowest BCUT2D eigenvalue weighted by molar-refractivity contribution is -0.302. The largest absolute Gasteiger partial charge is 0.394 e. The van der Waals surface area contributed by atoms with Crippen molar-refractivity contribution in [3.63, 3.8) is 0 Å². The first-order valence-electron chi connectivity index (χ1n) is 27.9. The van der Waals surface area contributed by atoms with Gasteiger partial charge in [-0.3, -0.25) is 4.79 Å². The minimum Gasteiger partial charge on any atom is -0.394 e. The molecule has 386 valence electrons. The molecule has 0 bridgehead atoms. The van der Waals surface area contributed by atoms with Gasteiger partial charge in [0.1, 0.15) is 24.4 Å². The second kappa shape index (κ2) is 46.9. The third-order valence-corrected chi connectivity index (χ3v) is 13.1. The van der Waals surface area contributed by atoms with Gasteiger partial charge in [0, 0.05) is 6.42 Å². The van der Waals surface area contributed by atoms with Gasteiger partial charge in [-0.25, -0.2) is 0 Å². The zero-order valence-electron chi connectivity index (χ0n) is 42.7. The van der Waals surface area contributed by atoms with Gasteiger partial charge < -0.3 is 40.3 Å². The minimum atomic E-state index is -1.57. The third kappa shape index (κ3) is 36.2. The Hall–Kier alpha value is -1.85. The van der Waals surface area contributed by atoms with Crippen LogP contribution in [0, 0.1) is 0 Å². The Morgan fingerprint density at radius 2 is 0.894 bits per heavy atom. The molecule has 0 aromatic rings. The highest BCUT2D eigenvalue weighted by Crippen LogP contribution is 2.23. The summed E-state index contributed by atoms with van der Waals surface area (Å²) in [6, 6.07) is -0.826. The van der Waals surface area contributed by atoms with E-state index in [0.717, 1.165) is 57.8 Å². The normalized spacial score (nSPS) is 20.1. The van der Waals surface area contributed by atoms with Crippen LogP contribution < -0.4 is 5.32 Å². The fourth-order valence-electron chi connectivity index (χ4n) is 8.66. The number of ether oxygens (including phenoxy) is 2. The summed E-state index contributed by atoms with van der Waals surface area (Å²) in [5, 5.41) is 54.2. The molecule has 1 rings (SSSR count). The SMILES string of the molecule is CCC/C=C/CC/C=C/CC/C=C/C(O)C(COC1OC(CO)C(O)C(O)C1O)NC(=O)CCCCCCCCCCCCCCCCCC/C=C\CCCCCCCCCCCCCC. The average molecular weight is 932 g/mol. The highest BCUT2D eigenvalue weighted by atomic mass is 16.7. The number of allylic oxidation sites excluding steroid dienone is 7. The molecule has 1 aliphatic heterocycles. The number of aliphatic hydroxyl groups excluding tert-OH is 5. The average Bonchev–Trinajstić information content (AvgIpc) is 3.32. The van der Waals surface area contributed by atoms with Gasteiger partial charge in [0.25, 0.3) is 0 Å². The topological polar surface area (TPSA) is 149 Å². The van der Waals surface area contributed by atoms with Crippen LogP contribution in [0.25, 0.3) is 0 Å². The number of unbranched alkanes of at least 4 members (excludes halogenated alkanes) is 31. The van der Waals surface area contributed by atoms with E-state index < -0.39 is 49.5 Å². The molecule has 1 saturated heterocycles. The lowest BCUT2D eigenvalue weighted by Crippen LogP contribution is -2.60. The summed E-state index contributed by atoms with van der Waals surface area (Å²) < 4.78 is 11.2. The van der Waals surface area contributed by atoms with Crippen LogP contribution in [-0.4, -0.2) is 87.5 Å². The van der Waals surface area contributed by atoms with Crippen LogP contribution in [0.5, 0.6) is 0 Å². The van der Waals surface area contributed by atoms with Crippen molar-refractivity contribution in [1.29, 1.82) is 0 Å². The number of hydrogen-bond acceptors (Lipinski definition) is 8. The summed E-state index contributed by atoms with van der Waals surface area (Å²) in [4.78, 5) is 13.0. The van der Waals surface area contributed by atoms with Crippen LogP contribution in [0.15, 0.2) is 48.6 Å². The lowest BCUT2D eigenvalue weighted by Gasteiger charge is -2.40. The van der Waals surface area contributed by atoms with Crippen molar-refractivity contribution in [3.05, 3.63) is 48.6 Å². The van der Waals surface area contributed by atoms with Crippen molar-refractivity contribution >= 4 is 5.91 Å². The Morgan fingerprint density at radius 3 is 1.33 bits per heavy atom. The minimum absolute atomic E-state index is 0.191. The number of hydrogen-bond donors (Lipinski definition) is 6. The molecule has 0 aromatic carbocycles. The molecule has 1 amide bonds. The molecule has 6 N–H and O–H groups in total. The van der Waals surface area contributed by atoms with E-state index in [4.69, 9.17) is 9.47 Å². The van der Waals surface area contributed by atoms with Gasteiger partial charge in [-0.1, -0.05) is 229 Å². The highest BCUT2D eigenvalue weighted by Gasteiger charge is 2.44. The second-order valence-electron chi connectivity index (χ2n) is 19.4. The Morgan fingerprint density at radius 1 is 0.500 bits per heavy atom. The molecule has 9 nitrogen and oxygen atoms in total. The van der Waals surface area contributed by atoms with Gasteiger partial charge in [-0.15, -0.1) is 0 Å². The first-order chi connectivity index (χ1) is 32.3. The van der Waals surface area contributed by atoms with Gasteiger partial charge in [0.05, 0.1) is 25.4 Å². The molecule has 66 heavy (non-hydrogen) atoms. The summed E-state index contributed by atoms with van der Waals surface area (Å²) in [6.07, 6.45) is 54.9. The second-order valence-corrected chi connectivity index (χ2v) is 19.4. The molecular formula is C57H105NO8. The first kappa shape index (κ1) is 62.2. The molecule has 1 heterocycles. The molecule has 1 fully saturated rings. The number of amides is 1. The van der Waals surface area contributed by atoms with Crippen LogP contribution in [-0.2, 0) is 14.3 Å². The molecule has 0 radical (unpaired) electrons. The quantitative estimate of drug-likeness (QED) is 0.0261. The molecule has 7 unspecified atom stereocenters. The lowest BCUT2D eigenvalue weighted by atomic mass is 9.99. The Balaban J connectivity index is 2.11. The molecule has 1 aliphatic rings. The van der Waals surface area contributed by atoms with Crippen molar-refractivity contribution in [2.45, 2.75) is 294 Å². The fourth-order valence-corrected chi connectivity index (χ4v) is 8.66. The van der Waals surface area contributed by atoms with E-state index in [9.17, 15) is 30.3 Å². The first-order valence-corrected chi connectivity index (χ1v) is 27.9. The zero-order chi connectivity index (χ0) is 48.0. The van der Waals surface area contributed by atoms with Gasteiger partial charge >= 0.3 is 0 Å². The van der Waals surface area contributed by atoms with Crippen molar-refractivity contribution < 1.29 is 39.8 Å². The van der Waals surface area contributed by atoms with Crippen molar-refractivity contribution in [3.8, 4) is 0 Å². The van der Waals surface area contributed by atoms with Crippen molar-refractivity contribution in [2.24, 2.45) is 0 Å². The molecule has 0 spiro atoms. The van der Waals surface area contributed by atoms with Crippen LogP contribution in [0.2, 0.25) is 0 Å². The fraction of sp³-hybridized carbons (Fsp3) is 0.842. The number of carbonyl (C=O) groups excluding carboxylic acids is 1. The van der Waals surface area contributed by atoms with Gasteiger partial charge in [0.15, 0.2) is 6.29 Å². The van der Waals surface area contributed by atoms with Crippen LogP contribution in [0.3, 0.4) is 0 Å². The molecule has 7 atom stereocenters. The van der Waals surface area contributed by atoms with E-state index in [1.807, 2.05) is 6.08 Å². The molecule has 9 heteroatoms. The zero-order valence-corrected chi connectivity index (χ0v) is 42.7. The molecule has 0 saturated carbocycles. The maximum absolute atomic E-state index is 13.0. The summed E-state index contributed by atoms with van der Waals surface area (Å²) in [6.45, 7) is 3.69. The number of aliphatic hydroxyl groups is 5. The van der Waals surface area contributed by atoms with E-state index in [1.165, 1.54) is 173 Å². The van der Waals surface area contributed by atoms with Crippen LogP contribution in [0.1, 0.15) is 251 Å². The summed E-state index contributed by atoms with van der Waals surface area (Å²) >= 11 is 0. The Bertz CT molecular complexity index is 1170. The maximum Gasteiger partial charge on any atom is 0.220 e. The van der Waals surface area contributed by atoms with E-state index >= 15 is 0 Å². The Kier molecular flexibility index (Phi) is 44.1. The molecule has 0 aliphatic carbocycles. The molecule has 0 aromatic heterocycles. The maximum atomic E-state index is 13.0. The standard InChI is InChI=1S/C57H105NO8/c1-3-5-7-9-11-13-15-16-17-18-19-20-21-22-23-24-25-26-27-28-29-30-31-32-33-34-35-37-39-41-43-45-47-53(61)58-50(49-65-57-56(64)55(63)54(62)52(48-59)66-57)51(60)46-44-42-40-38-36-14-12-10-8-6-4-2/h8,10,22-23,36,38,44,46,50-52,54-57,59-60,62-64H,3-7,9,11-21,24-35,37,39-43,45,47-49H2,1-2H3,(H,58,61)/b10-8+,23-22-,38-36+,46-44+. The summed E-state index contributed by atoms with van der Waals surface area (Å²) in [7, 11) is 0. The third-order valence-electron chi connectivity index (χ3n) is 13.1. The predicted molar refractivity (Wildman–Crippen MR) is 276 cm³/mol. The van der Waals surface area contributed by atoms with Crippen LogP contribution >= 0.6 is 0 Å². The van der Waals surface area contributed by atoms with Gasteiger partial charge in [-0.05, 0) is 64.2 Å². The van der Waals surface area contributed by atoms with E-state index in [2.05, 4.69) is 55.6 Å². The number of rotatable bonds is 47. The smallest absolute Gasteiger partial charge is 0.220 e. The van der Waals surface area contributed by atoms with E-state index in [-0.39, 0.29) is 12.5 Å². The van der Waals surface area contributed by atoms with Crippen molar-refractivity contribution in [1.82, 2.24) is 5.32 Å². The van der Waals surface area contributed by atoms with Crippen LogP contribution in [0.4, 0.5) is 0 Å². The number of nitrogens with one attached hydrogen (secondary N) is 1. The van der Waals surface area contributed by atoms with E-state index in [0.29, 0.717) is 6.42 Å². The van der Waals surface area contributed by atoms with Gasteiger partial charge in [0.2, 0.25) is 5.91 Å². The summed E-state index contributed by atoms with van der Waals surface area (Å²) in [5.41, 5.74) is 0. The van der Waals surface area contributed by atoms with Crippen molar-refractivity contribution in [2.75, 3.05) is 13.2 Å².